The van der Waals surface area contributed by atoms with Gasteiger partial charge in [-0.15, -0.1) is 0 Å². The molecule has 1 fully saturated rings. The Bertz CT molecular complexity index is 1440. The van der Waals surface area contributed by atoms with Crippen LogP contribution in [0.25, 0.3) is 5.69 Å². The zero-order chi connectivity index (χ0) is 26.6. The minimum Gasteiger partial charge on any atom is -0.352 e. The number of aryl methyl sites for hydroxylation is 2. The second-order valence-corrected chi connectivity index (χ2v) is 9.89. The summed E-state index contributed by atoms with van der Waals surface area (Å²) in [6.07, 6.45) is 6.62. The van der Waals surface area contributed by atoms with Gasteiger partial charge in [0.15, 0.2) is 5.11 Å². The number of aromatic nitrogens is 3. The Labute approximate surface area is 228 Å². The number of nitrogens with zero attached hydrogens (tertiary/aromatic N) is 4. The average molecular weight is 525 g/mol. The number of carbonyl (C=O) groups is 1. The lowest BCUT2D eigenvalue weighted by Gasteiger charge is -2.28. The van der Waals surface area contributed by atoms with Crippen molar-refractivity contribution in [3.8, 4) is 5.69 Å². The second kappa shape index (κ2) is 11.1. The van der Waals surface area contributed by atoms with Gasteiger partial charge in [-0.3, -0.25) is 14.8 Å². The van der Waals surface area contributed by atoms with Crippen LogP contribution in [0, 0.1) is 13.8 Å². The van der Waals surface area contributed by atoms with E-state index in [2.05, 4.69) is 63.0 Å². The molecule has 4 heterocycles. The highest BCUT2D eigenvalue weighted by atomic mass is 32.1. The van der Waals surface area contributed by atoms with Gasteiger partial charge in [-0.25, -0.2) is 0 Å². The Morgan fingerprint density at radius 2 is 1.89 bits per heavy atom. The van der Waals surface area contributed by atoms with Crippen LogP contribution >= 0.6 is 12.2 Å². The van der Waals surface area contributed by atoms with Crippen molar-refractivity contribution in [1.29, 1.82) is 0 Å². The number of hydrogen-bond donors (Lipinski definition) is 2. The molecule has 38 heavy (non-hydrogen) atoms. The molecule has 8 heteroatoms. The Hall–Kier alpha value is -4.04. The van der Waals surface area contributed by atoms with Crippen molar-refractivity contribution in [2.75, 3.05) is 11.9 Å². The predicted molar refractivity (Wildman–Crippen MR) is 154 cm³/mol. The van der Waals surface area contributed by atoms with E-state index in [1.807, 2.05) is 54.7 Å². The molecule has 5 rings (SSSR count). The zero-order valence-corrected chi connectivity index (χ0v) is 22.7. The van der Waals surface area contributed by atoms with Crippen LogP contribution in [-0.2, 0) is 11.2 Å². The molecule has 1 aliphatic rings. The lowest BCUT2D eigenvalue weighted by atomic mass is 9.96. The van der Waals surface area contributed by atoms with E-state index >= 15 is 0 Å². The largest absolute Gasteiger partial charge is 0.352 e. The van der Waals surface area contributed by atoms with E-state index in [1.54, 1.807) is 12.4 Å². The summed E-state index contributed by atoms with van der Waals surface area (Å²) in [6.45, 7) is 6.79. The highest BCUT2D eigenvalue weighted by Gasteiger charge is 2.41. The van der Waals surface area contributed by atoms with Gasteiger partial charge in [0.05, 0.1) is 29.7 Å². The smallest absolute Gasteiger partial charge is 0.226 e. The van der Waals surface area contributed by atoms with Gasteiger partial charge in [0.25, 0.3) is 0 Å². The first-order valence-corrected chi connectivity index (χ1v) is 13.3. The molecule has 4 aromatic rings. The first-order chi connectivity index (χ1) is 18.5. The molecule has 2 atom stereocenters. The van der Waals surface area contributed by atoms with Crippen molar-refractivity contribution >= 4 is 28.9 Å². The normalized spacial score (nSPS) is 16.9. The van der Waals surface area contributed by atoms with Gasteiger partial charge in [0, 0.05) is 42.4 Å². The lowest BCUT2D eigenvalue weighted by molar-refractivity contribution is -0.116. The van der Waals surface area contributed by atoms with Crippen LogP contribution in [0.2, 0.25) is 0 Å². The van der Waals surface area contributed by atoms with Gasteiger partial charge in [-0.1, -0.05) is 31.2 Å². The number of para-hydroxylation sites is 1. The molecular formula is C30H32N6OS. The molecule has 0 unspecified atom stereocenters. The molecule has 1 aliphatic heterocycles. The van der Waals surface area contributed by atoms with E-state index in [1.165, 1.54) is 0 Å². The van der Waals surface area contributed by atoms with Gasteiger partial charge < -0.3 is 20.1 Å². The number of rotatable bonds is 8. The molecule has 0 bridgehead atoms. The first-order valence-electron chi connectivity index (χ1n) is 12.9. The van der Waals surface area contributed by atoms with Crippen LogP contribution in [0.5, 0.6) is 0 Å². The zero-order valence-electron chi connectivity index (χ0n) is 21.9. The molecule has 0 aliphatic carbocycles. The van der Waals surface area contributed by atoms with E-state index in [-0.39, 0.29) is 18.0 Å². The number of hydrogen-bond acceptors (Lipinski definition) is 4. The van der Waals surface area contributed by atoms with Gasteiger partial charge >= 0.3 is 0 Å². The highest BCUT2D eigenvalue weighted by molar-refractivity contribution is 7.80. The molecule has 0 spiro atoms. The SMILES string of the molecule is CCc1ccccc1NC(=O)CCN1C(=S)N[C@@H](c2ccccn2)[C@@H]1c1cc(C)n(-c2cccnc2)c1C. The Kier molecular flexibility index (Phi) is 7.51. The van der Waals surface area contributed by atoms with E-state index in [0.717, 1.165) is 46.0 Å². The lowest BCUT2D eigenvalue weighted by Crippen LogP contribution is -2.33. The van der Waals surface area contributed by atoms with Crippen LogP contribution < -0.4 is 10.6 Å². The molecule has 1 aromatic carbocycles. The monoisotopic (exact) mass is 524 g/mol. The average Bonchev–Trinajstić information content (AvgIpc) is 3.42. The van der Waals surface area contributed by atoms with Gasteiger partial charge in [-0.05, 0) is 80.0 Å². The molecule has 194 valence electrons. The number of benzene rings is 1. The van der Waals surface area contributed by atoms with Crippen molar-refractivity contribution < 1.29 is 4.79 Å². The minimum absolute atomic E-state index is 0.0328. The van der Waals surface area contributed by atoms with E-state index in [4.69, 9.17) is 12.2 Å². The number of pyridine rings is 2. The summed E-state index contributed by atoms with van der Waals surface area (Å²) in [4.78, 5) is 24.1. The molecule has 0 radical (unpaired) electrons. The molecule has 0 saturated carbocycles. The van der Waals surface area contributed by atoms with E-state index in [9.17, 15) is 4.79 Å². The number of nitrogens with one attached hydrogen (secondary N) is 2. The topological polar surface area (TPSA) is 75.1 Å². The fraction of sp³-hybridized carbons (Fsp3) is 0.267. The van der Waals surface area contributed by atoms with Crippen LogP contribution in [0.3, 0.4) is 0 Å². The second-order valence-electron chi connectivity index (χ2n) is 9.50. The minimum atomic E-state index is -0.143. The van der Waals surface area contributed by atoms with Crippen molar-refractivity contribution in [2.24, 2.45) is 0 Å². The maximum absolute atomic E-state index is 13.0. The third-order valence-corrected chi connectivity index (χ3v) is 7.50. The third-order valence-electron chi connectivity index (χ3n) is 7.14. The van der Waals surface area contributed by atoms with Gasteiger partial charge in [0.1, 0.15) is 0 Å². The van der Waals surface area contributed by atoms with Crippen molar-refractivity contribution in [3.05, 3.63) is 107 Å². The number of carbonyl (C=O) groups excluding carboxylic acids is 1. The summed E-state index contributed by atoms with van der Waals surface area (Å²) >= 11 is 5.83. The summed E-state index contributed by atoms with van der Waals surface area (Å²) in [5.41, 5.74) is 7.27. The molecule has 7 nitrogen and oxygen atoms in total. The Morgan fingerprint density at radius 3 is 2.63 bits per heavy atom. The molecular weight excluding hydrogens is 492 g/mol. The molecule has 2 N–H and O–H groups in total. The standard InChI is InChI=1S/C30H32N6OS/c1-4-22-10-5-6-12-25(22)33-27(37)14-17-35-29(28(34-30(35)38)26-13-7-8-16-32-26)24-18-20(2)36(21(24)3)23-11-9-15-31-19-23/h5-13,15-16,18-19,28-29H,4,14,17H2,1-3H3,(H,33,37)(H,34,38)/t28-,29-/m0/s1. The maximum Gasteiger partial charge on any atom is 0.226 e. The maximum atomic E-state index is 13.0. The summed E-state index contributed by atoms with van der Waals surface area (Å²) in [6, 6.07) is 19.8. The Morgan fingerprint density at radius 1 is 1.08 bits per heavy atom. The summed E-state index contributed by atoms with van der Waals surface area (Å²) in [5.74, 6) is -0.0328. The summed E-state index contributed by atoms with van der Waals surface area (Å²) < 4.78 is 2.21. The quantitative estimate of drug-likeness (QED) is 0.299. The van der Waals surface area contributed by atoms with Crippen LogP contribution in [0.4, 0.5) is 5.69 Å². The molecule has 1 saturated heterocycles. The molecule has 3 aromatic heterocycles. The summed E-state index contributed by atoms with van der Waals surface area (Å²) in [7, 11) is 0. The number of amides is 1. The fourth-order valence-corrected chi connectivity index (χ4v) is 5.67. The van der Waals surface area contributed by atoms with Crippen molar-refractivity contribution in [3.63, 3.8) is 0 Å². The first kappa shape index (κ1) is 25.6. The van der Waals surface area contributed by atoms with E-state index in [0.29, 0.717) is 18.1 Å². The van der Waals surface area contributed by atoms with Crippen LogP contribution in [0.1, 0.15) is 53.6 Å². The number of thiocarbonyl (C=S) groups is 1. The highest BCUT2D eigenvalue weighted by Crippen LogP contribution is 2.41. The van der Waals surface area contributed by atoms with Crippen molar-refractivity contribution in [1.82, 2.24) is 24.8 Å². The summed E-state index contributed by atoms with van der Waals surface area (Å²) in [5, 5.41) is 7.21. The van der Waals surface area contributed by atoms with Crippen LogP contribution in [-0.4, -0.2) is 37.0 Å². The molecule has 1 amide bonds. The van der Waals surface area contributed by atoms with Crippen LogP contribution in [0.15, 0.2) is 79.3 Å². The van der Waals surface area contributed by atoms with E-state index < -0.39 is 0 Å². The van der Waals surface area contributed by atoms with Crippen molar-refractivity contribution in [2.45, 2.75) is 45.7 Å². The fourth-order valence-electron chi connectivity index (χ4n) is 5.34. The van der Waals surface area contributed by atoms with Gasteiger partial charge in [-0.2, -0.15) is 0 Å². The Balaban J connectivity index is 1.45. The third kappa shape index (κ3) is 5.04. The van der Waals surface area contributed by atoms with Gasteiger partial charge in [0.2, 0.25) is 5.91 Å². The number of anilines is 1. The predicted octanol–water partition coefficient (Wildman–Crippen LogP) is 5.45.